The lowest BCUT2D eigenvalue weighted by atomic mass is 10.2. The molecule has 0 unspecified atom stereocenters. The van der Waals surface area contributed by atoms with Gasteiger partial charge in [-0.1, -0.05) is 23.7 Å². The first-order valence-corrected chi connectivity index (χ1v) is 12.4. The summed E-state index contributed by atoms with van der Waals surface area (Å²) in [4.78, 5) is 13.0. The van der Waals surface area contributed by atoms with Crippen molar-refractivity contribution in [1.82, 2.24) is 5.43 Å². The number of hydrogen-bond acceptors (Lipinski definition) is 5. The molecule has 0 atom stereocenters. The van der Waals surface area contributed by atoms with Gasteiger partial charge in [0.05, 0.1) is 22.1 Å². The number of ether oxygens (including phenoxy) is 2. The van der Waals surface area contributed by atoms with E-state index in [1.165, 1.54) is 23.9 Å². The van der Waals surface area contributed by atoms with Crippen molar-refractivity contribution in [3.63, 3.8) is 0 Å². The first kappa shape index (κ1) is 25.3. The minimum atomic E-state index is -0.309. The van der Waals surface area contributed by atoms with Crippen LogP contribution in [0.25, 0.3) is 0 Å². The van der Waals surface area contributed by atoms with Crippen LogP contribution in [0.2, 0.25) is 5.02 Å². The van der Waals surface area contributed by atoms with Gasteiger partial charge in [-0.3, -0.25) is 4.79 Å². The fraction of sp³-hybridized carbons (Fsp3) is 0.167. The quantitative estimate of drug-likeness (QED) is 0.129. The highest BCUT2D eigenvalue weighted by atomic mass is 127. The highest BCUT2D eigenvalue weighted by molar-refractivity contribution is 14.1. The van der Waals surface area contributed by atoms with Crippen LogP contribution in [0.5, 0.6) is 11.5 Å². The molecule has 3 rings (SSSR count). The number of hydrogen-bond donors (Lipinski definition) is 1. The molecule has 0 aliphatic heterocycles. The topological polar surface area (TPSA) is 59.9 Å². The average Bonchev–Trinajstić information content (AvgIpc) is 2.78. The summed E-state index contributed by atoms with van der Waals surface area (Å²) in [7, 11) is 0. The summed E-state index contributed by atoms with van der Waals surface area (Å²) in [6.07, 6.45) is 1.55. The van der Waals surface area contributed by atoms with E-state index in [-0.39, 0.29) is 24.1 Å². The fourth-order valence-electron chi connectivity index (χ4n) is 2.74. The molecular formula is C24H21ClFIN2O3S. The molecule has 0 aliphatic carbocycles. The van der Waals surface area contributed by atoms with Gasteiger partial charge in [0.15, 0.2) is 11.5 Å². The van der Waals surface area contributed by atoms with Crippen LogP contribution in [0.15, 0.2) is 70.7 Å². The van der Waals surface area contributed by atoms with Crippen molar-refractivity contribution in [3.8, 4) is 11.5 Å². The van der Waals surface area contributed by atoms with Crippen LogP contribution in [0, 0.1) is 9.39 Å². The Morgan fingerprint density at radius 2 is 1.97 bits per heavy atom. The molecule has 9 heteroatoms. The maximum Gasteiger partial charge on any atom is 0.250 e. The van der Waals surface area contributed by atoms with E-state index >= 15 is 0 Å². The number of hydrazone groups is 1. The number of benzene rings is 3. The maximum atomic E-state index is 13.4. The van der Waals surface area contributed by atoms with E-state index in [4.69, 9.17) is 21.1 Å². The van der Waals surface area contributed by atoms with Gasteiger partial charge >= 0.3 is 0 Å². The fourth-order valence-corrected chi connectivity index (χ4v) is 4.34. The Balaban J connectivity index is 1.60. The number of nitrogens with one attached hydrogen (secondary N) is 1. The summed E-state index contributed by atoms with van der Waals surface area (Å²) in [5.74, 6) is 0.819. The van der Waals surface area contributed by atoms with Gasteiger partial charge in [-0.05, 0) is 89.2 Å². The molecule has 5 nitrogen and oxygen atoms in total. The molecule has 0 saturated heterocycles. The van der Waals surface area contributed by atoms with E-state index in [1.54, 1.807) is 36.5 Å². The molecule has 0 saturated carbocycles. The standard InChI is InChI=1S/C24H21ClFIN2O3S/c1-2-31-22-12-17(11-21(27)24(22)32-14-16-4-3-5-19(26)10-16)13-28-29-23(30)15-33-20-8-6-18(25)7-9-20/h3-13H,2,14-15H2,1H3,(H,29,30)/b28-13-. The van der Waals surface area contributed by atoms with Crippen molar-refractivity contribution in [1.29, 1.82) is 0 Å². The van der Waals surface area contributed by atoms with E-state index < -0.39 is 0 Å². The van der Waals surface area contributed by atoms with Crippen molar-refractivity contribution >= 4 is 58.1 Å². The van der Waals surface area contributed by atoms with Crippen molar-refractivity contribution in [3.05, 3.63) is 86.2 Å². The number of carbonyl (C=O) groups excluding carboxylic acids is 1. The van der Waals surface area contributed by atoms with Crippen molar-refractivity contribution < 1.29 is 18.7 Å². The van der Waals surface area contributed by atoms with Crippen LogP contribution < -0.4 is 14.9 Å². The summed E-state index contributed by atoms with van der Waals surface area (Å²) < 4.78 is 25.9. The Morgan fingerprint density at radius 1 is 1.18 bits per heavy atom. The van der Waals surface area contributed by atoms with Gasteiger partial charge in [0.2, 0.25) is 5.91 Å². The Labute approximate surface area is 214 Å². The molecule has 0 fully saturated rings. The number of amides is 1. The zero-order chi connectivity index (χ0) is 23.6. The summed E-state index contributed by atoms with van der Waals surface area (Å²) in [5.41, 5.74) is 3.99. The Bertz CT molecular complexity index is 1130. The number of halogens is 3. The normalized spacial score (nSPS) is 10.9. The van der Waals surface area contributed by atoms with Gasteiger partial charge in [-0.15, -0.1) is 11.8 Å². The summed E-state index contributed by atoms with van der Waals surface area (Å²) >= 11 is 9.41. The molecule has 0 aromatic heterocycles. The Hall–Kier alpha value is -2.30. The zero-order valence-corrected chi connectivity index (χ0v) is 21.4. The molecule has 0 bridgehead atoms. The van der Waals surface area contributed by atoms with E-state index in [2.05, 4.69) is 33.1 Å². The van der Waals surface area contributed by atoms with Crippen LogP contribution in [-0.4, -0.2) is 24.5 Å². The minimum absolute atomic E-state index is 0.211. The molecule has 172 valence electrons. The molecule has 0 radical (unpaired) electrons. The lowest BCUT2D eigenvalue weighted by Gasteiger charge is -2.14. The lowest BCUT2D eigenvalue weighted by molar-refractivity contribution is -0.118. The molecule has 3 aromatic carbocycles. The maximum absolute atomic E-state index is 13.4. The SMILES string of the molecule is CCOc1cc(/C=N\NC(=O)CSc2ccc(Cl)cc2)cc(I)c1OCc1cccc(F)c1. The molecular weight excluding hydrogens is 578 g/mol. The molecule has 1 N–H and O–H groups in total. The second-order valence-electron chi connectivity index (χ2n) is 6.72. The highest BCUT2D eigenvalue weighted by Crippen LogP contribution is 2.34. The van der Waals surface area contributed by atoms with E-state index in [9.17, 15) is 9.18 Å². The monoisotopic (exact) mass is 598 g/mol. The zero-order valence-electron chi connectivity index (χ0n) is 17.7. The van der Waals surface area contributed by atoms with Crippen molar-refractivity contribution in [2.45, 2.75) is 18.4 Å². The average molecular weight is 599 g/mol. The van der Waals surface area contributed by atoms with Crippen LogP contribution in [0.1, 0.15) is 18.1 Å². The summed E-state index contributed by atoms with van der Waals surface area (Å²) in [5, 5.41) is 4.70. The largest absolute Gasteiger partial charge is 0.490 e. The Kier molecular flexibility index (Phi) is 9.83. The van der Waals surface area contributed by atoms with Gasteiger partial charge in [-0.25, -0.2) is 9.82 Å². The third kappa shape index (κ3) is 8.21. The van der Waals surface area contributed by atoms with E-state index in [0.29, 0.717) is 23.1 Å². The molecule has 0 spiro atoms. The van der Waals surface area contributed by atoms with E-state index in [1.807, 2.05) is 25.1 Å². The second-order valence-corrected chi connectivity index (χ2v) is 9.36. The number of nitrogens with zero attached hydrogens (tertiary/aromatic N) is 1. The van der Waals surface area contributed by atoms with Gasteiger partial charge in [0.1, 0.15) is 12.4 Å². The predicted octanol–water partition coefficient (Wildman–Crippen LogP) is 6.30. The van der Waals surface area contributed by atoms with Crippen LogP contribution in [0.3, 0.4) is 0 Å². The van der Waals surface area contributed by atoms with Crippen molar-refractivity contribution in [2.75, 3.05) is 12.4 Å². The van der Waals surface area contributed by atoms with Gasteiger partial charge in [0, 0.05) is 9.92 Å². The third-order valence-corrected chi connectivity index (χ3v) is 6.26. The smallest absolute Gasteiger partial charge is 0.250 e. The third-order valence-electron chi connectivity index (χ3n) is 4.19. The van der Waals surface area contributed by atoms with Crippen molar-refractivity contribution in [2.24, 2.45) is 5.10 Å². The first-order chi connectivity index (χ1) is 15.9. The molecule has 0 heterocycles. The second kappa shape index (κ2) is 12.8. The Morgan fingerprint density at radius 3 is 2.70 bits per heavy atom. The van der Waals surface area contributed by atoms with Crippen LogP contribution in [-0.2, 0) is 11.4 Å². The van der Waals surface area contributed by atoms with E-state index in [0.717, 1.165) is 19.6 Å². The first-order valence-electron chi connectivity index (χ1n) is 9.98. The van der Waals surface area contributed by atoms with Crippen LogP contribution >= 0.6 is 46.0 Å². The number of carbonyl (C=O) groups is 1. The van der Waals surface area contributed by atoms with Gasteiger partial charge < -0.3 is 9.47 Å². The summed E-state index contributed by atoms with van der Waals surface area (Å²) in [6.45, 7) is 2.54. The van der Waals surface area contributed by atoms with Gasteiger partial charge in [-0.2, -0.15) is 5.10 Å². The van der Waals surface area contributed by atoms with Gasteiger partial charge in [0.25, 0.3) is 0 Å². The number of rotatable bonds is 10. The predicted molar refractivity (Wildman–Crippen MR) is 139 cm³/mol. The minimum Gasteiger partial charge on any atom is -0.490 e. The molecule has 0 aliphatic rings. The lowest BCUT2D eigenvalue weighted by Crippen LogP contribution is -2.19. The molecule has 3 aromatic rings. The number of thioether (sulfide) groups is 1. The molecule has 1 amide bonds. The van der Waals surface area contributed by atoms with Crippen LogP contribution in [0.4, 0.5) is 4.39 Å². The highest BCUT2D eigenvalue weighted by Gasteiger charge is 2.12. The summed E-state index contributed by atoms with van der Waals surface area (Å²) in [6, 6.07) is 17.2. The molecule has 33 heavy (non-hydrogen) atoms.